The summed E-state index contributed by atoms with van der Waals surface area (Å²) in [6.45, 7) is 4.76. The topological polar surface area (TPSA) is 201 Å². The Kier molecular flexibility index (Phi) is 10.5. The lowest BCUT2D eigenvalue weighted by Gasteiger charge is -2.61. The number of nitriles is 1. The maximum atomic E-state index is 14.0. The molecule has 2 aromatic rings. The monoisotopic (exact) mass is 848 g/mol. The minimum Gasteiger partial charge on any atom is -0.504 e. The highest BCUT2D eigenvalue weighted by Gasteiger charge is 2.61. The fraction of sp³-hybridized carbons (Fsp3) is 0.585. The number of nitrogens with one attached hydrogen (secondary N) is 3. The van der Waals surface area contributed by atoms with Crippen molar-refractivity contribution in [1.82, 2.24) is 25.8 Å². The molecule has 18 heteroatoms. The van der Waals surface area contributed by atoms with Gasteiger partial charge in [0.2, 0.25) is 12.7 Å². The normalized spacial score (nSPS) is 31.4. The molecule has 8 aliphatic heterocycles. The van der Waals surface area contributed by atoms with Gasteiger partial charge in [0.05, 0.1) is 42.6 Å². The second-order valence-corrected chi connectivity index (χ2v) is 18.8. The zero-order chi connectivity index (χ0) is 41.4. The molecule has 16 nitrogen and oxygen atoms in total. The molecule has 314 valence electrons. The van der Waals surface area contributed by atoms with Gasteiger partial charge in [-0.3, -0.25) is 19.4 Å². The molecule has 4 saturated heterocycles. The number of amides is 3. The Bertz CT molecular complexity index is 2170. The van der Waals surface area contributed by atoms with Gasteiger partial charge in [0.25, 0.3) is 0 Å². The predicted molar refractivity (Wildman–Crippen MR) is 216 cm³/mol. The first-order valence-electron chi connectivity index (χ1n) is 20.1. The molecule has 8 heterocycles. The number of urea groups is 1. The standard InChI is InChI=1S/C41H48N6O10S2/c1-17-10-20-11-23-24(12-42)47-25-13-54-40(51)22(43-27(49)9-7-6-8-26-31-21(14-58-26)44-41(52)45-31)15-59-39(33(47)32(46(23)4)28(20)34(50)35(17)53-5)30-29(25)38-37(55-16-56-38)18(2)36(30)57-19(3)48/h10,21-26,31-33,39,50H,6-9,11,13-16H2,1-5H3,(H,43,49)(H2,44,45,52)/t21?,22-,23-,24-,25-,26?,31?,32+,33?,39+/m0/s1. The number of carbonyl (C=O) groups excluding carboxylic acids is 4. The van der Waals surface area contributed by atoms with Crippen LogP contribution in [0, 0.1) is 25.2 Å². The SMILES string of the molecule is COc1c(C)cc2c(c1O)[C@@H]1C3[C@@H]4SC[C@H](NC(=O)CCCCC5SCC6NC(=O)NC65)C(=O)OC[C@@H](c5c6c(c(C)c(OC(C)=O)c54)OCO6)N3[C@@H](C#N)[C@H](C2)N1C. The number of aromatic hydroxyl groups is 1. The lowest BCUT2D eigenvalue weighted by Crippen LogP contribution is -2.69. The molecular weight excluding hydrogens is 801 g/mol. The van der Waals surface area contributed by atoms with Crippen molar-refractivity contribution in [3.8, 4) is 34.8 Å². The molecule has 10 atom stereocenters. The number of nitrogens with zero attached hydrogens (tertiary/aromatic N) is 3. The number of phenols is 1. The second-order valence-electron chi connectivity index (χ2n) is 16.4. The average Bonchev–Trinajstić information content (AvgIpc) is 3.93. The molecule has 4 fully saturated rings. The molecule has 8 aliphatic rings. The highest BCUT2D eigenvalue weighted by Crippen LogP contribution is 2.64. The average molecular weight is 849 g/mol. The van der Waals surface area contributed by atoms with E-state index in [9.17, 15) is 29.5 Å². The molecule has 0 aromatic heterocycles. The van der Waals surface area contributed by atoms with Gasteiger partial charge in [0, 0.05) is 64.4 Å². The third-order valence-corrected chi connectivity index (χ3v) is 16.0. The Morgan fingerprint density at radius 2 is 1.86 bits per heavy atom. The van der Waals surface area contributed by atoms with Gasteiger partial charge in [0.1, 0.15) is 24.4 Å². The smallest absolute Gasteiger partial charge is 0.329 e. The lowest BCUT2D eigenvalue weighted by molar-refractivity contribution is -0.152. The number of carbonyl (C=O) groups is 4. The van der Waals surface area contributed by atoms with E-state index in [-0.39, 0.29) is 66.6 Å². The summed E-state index contributed by atoms with van der Waals surface area (Å²) in [6.07, 6.45) is 2.95. The van der Waals surface area contributed by atoms with Crippen LogP contribution in [0.5, 0.6) is 28.7 Å². The molecule has 0 spiro atoms. The summed E-state index contributed by atoms with van der Waals surface area (Å²) in [5.74, 6) is 1.13. The number of hydrogen-bond donors (Lipinski definition) is 4. The van der Waals surface area contributed by atoms with Gasteiger partial charge in [-0.2, -0.15) is 17.0 Å². The van der Waals surface area contributed by atoms with E-state index in [1.165, 1.54) is 25.8 Å². The van der Waals surface area contributed by atoms with Gasteiger partial charge in [-0.15, -0.1) is 11.8 Å². The van der Waals surface area contributed by atoms with Gasteiger partial charge < -0.3 is 44.7 Å². The Morgan fingerprint density at radius 1 is 1.07 bits per heavy atom. The van der Waals surface area contributed by atoms with Crippen LogP contribution in [0.3, 0.4) is 0 Å². The molecule has 4 bridgehead atoms. The molecule has 4 unspecified atom stereocenters. The fourth-order valence-corrected chi connectivity index (χ4v) is 13.7. The summed E-state index contributed by atoms with van der Waals surface area (Å²) >= 11 is 3.24. The maximum Gasteiger partial charge on any atom is 0.329 e. The van der Waals surface area contributed by atoms with Crippen molar-refractivity contribution in [2.45, 2.75) is 112 Å². The Labute approximate surface area is 350 Å². The van der Waals surface area contributed by atoms with E-state index in [4.69, 9.17) is 23.7 Å². The Morgan fingerprint density at radius 3 is 2.63 bits per heavy atom. The zero-order valence-electron chi connectivity index (χ0n) is 33.5. The number of fused-ring (bicyclic) bond motifs is 11. The summed E-state index contributed by atoms with van der Waals surface area (Å²) in [7, 11) is 3.49. The van der Waals surface area contributed by atoms with Crippen molar-refractivity contribution in [3.63, 3.8) is 0 Å². The van der Waals surface area contributed by atoms with Crippen LogP contribution in [-0.2, 0) is 25.5 Å². The van der Waals surface area contributed by atoms with Crippen LogP contribution in [-0.4, -0.2) is 119 Å². The number of likely N-dealkylation sites (N-methyl/N-ethyl adjacent to an activating group) is 1. The van der Waals surface area contributed by atoms with E-state index >= 15 is 0 Å². The van der Waals surface area contributed by atoms with Gasteiger partial charge in [-0.1, -0.05) is 12.5 Å². The van der Waals surface area contributed by atoms with Crippen molar-refractivity contribution < 1.29 is 48.0 Å². The van der Waals surface area contributed by atoms with Crippen molar-refractivity contribution in [1.29, 1.82) is 5.26 Å². The van der Waals surface area contributed by atoms with E-state index in [1.807, 2.05) is 38.7 Å². The number of rotatable bonds is 8. The number of esters is 2. The first-order valence-corrected chi connectivity index (χ1v) is 22.2. The van der Waals surface area contributed by atoms with E-state index in [0.29, 0.717) is 58.1 Å². The van der Waals surface area contributed by atoms with Crippen LogP contribution in [0.15, 0.2) is 6.07 Å². The van der Waals surface area contributed by atoms with Gasteiger partial charge >= 0.3 is 18.0 Å². The van der Waals surface area contributed by atoms with Crippen LogP contribution in [0.25, 0.3) is 0 Å². The summed E-state index contributed by atoms with van der Waals surface area (Å²) in [4.78, 5) is 56.5. The van der Waals surface area contributed by atoms with E-state index in [2.05, 4.69) is 31.8 Å². The highest BCUT2D eigenvalue weighted by molar-refractivity contribution is 8.00. The molecule has 0 radical (unpaired) electrons. The minimum absolute atomic E-state index is 0.0287. The van der Waals surface area contributed by atoms with E-state index < -0.39 is 47.4 Å². The third kappa shape index (κ3) is 6.50. The highest BCUT2D eigenvalue weighted by atomic mass is 32.2. The molecule has 4 N–H and O–H groups in total. The summed E-state index contributed by atoms with van der Waals surface area (Å²) < 4.78 is 30.1. The number of hydrogen-bond acceptors (Lipinski definition) is 15. The number of aryl methyl sites for hydroxylation is 1. The molecule has 3 amide bonds. The summed E-state index contributed by atoms with van der Waals surface area (Å²) in [5, 5.41) is 31.7. The van der Waals surface area contributed by atoms with Gasteiger partial charge in [-0.25, -0.2) is 9.59 Å². The van der Waals surface area contributed by atoms with Crippen LogP contribution in [0.4, 0.5) is 4.79 Å². The largest absolute Gasteiger partial charge is 0.504 e. The van der Waals surface area contributed by atoms with Crippen LogP contribution in [0.1, 0.15) is 83.3 Å². The van der Waals surface area contributed by atoms with Gasteiger partial charge in [0.15, 0.2) is 23.0 Å². The van der Waals surface area contributed by atoms with E-state index in [1.54, 1.807) is 0 Å². The molecule has 59 heavy (non-hydrogen) atoms. The summed E-state index contributed by atoms with van der Waals surface area (Å²) in [5.41, 5.74) is 4.24. The molecule has 0 saturated carbocycles. The maximum absolute atomic E-state index is 14.0. The number of unbranched alkanes of at least 4 members (excludes halogenated alkanes) is 1. The Balaban J connectivity index is 1.08. The number of piperazine rings is 1. The number of methoxy groups -OCH3 is 1. The molecule has 10 rings (SSSR count). The van der Waals surface area contributed by atoms with Crippen LogP contribution in [0.2, 0.25) is 0 Å². The molecule has 2 aromatic carbocycles. The van der Waals surface area contributed by atoms with Crippen molar-refractivity contribution in [3.05, 3.63) is 39.4 Å². The number of thioether (sulfide) groups is 2. The van der Waals surface area contributed by atoms with Crippen molar-refractivity contribution >= 4 is 47.4 Å². The first-order chi connectivity index (χ1) is 28.4. The fourth-order valence-electron chi connectivity index (χ4n) is 10.6. The van der Waals surface area contributed by atoms with Crippen LogP contribution < -0.4 is 34.9 Å². The van der Waals surface area contributed by atoms with Gasteiger partial charge in [-0.05, 0) is 51.3 Å². The number of phenolic OH excluding ortho intramolecular Hbond substituents is 1. The lowest BCUT2D eigenvalue weighted by atomic mass is 9.71. The molecular formula is C41H48N6O10S2. The Hall–Kier alpha value is -4.57. The van der Waals surface area contributed by atoms with Crippen molar-refractivity contribution in [2.24, 2.45) is 0 Å². The summed E-state index contributed by atoms with van der Waals surface area (Å²) in [6, 6.07) is 0.937. The first kappa shape index (κ1) is 39.9. The number of benzene rings is 2. The zero-order valence-corrected chi connectivity index (χ0v) is 35.1. The number of ether oxygens (including phenoxy) is 5. The second kappa shape index (κ2) is 15.5. The van der Waals surface area contributed by atoms with Crippen molar-refractivity contribution in [2.75, 3.05) is 39.1 Å². The molecule has 0 aliphatic carbocycles. The predicted octanol–water partition coefficient (Wildman–Crippen LogP) is 3.44. The quantitative estimate of drug-likeness (QED) is 0.130. The van der Waals surface area contributed by atoms with Crippen LogP contribution >= 0.6 is 23.5 Å². The van der Waals surface area contributed by atoms with E-state index in [0.717, 1.165) is 29.7 Å². The third-order valence-electron chi connectivity index (χ3n) is 13.1. The minimum atomic E-state index is -1.00.